The van der Waals surface area contributed by atoms with E-state index in [0.717, 1.165) is 6.26 Å². The minimum atomic E-state index is -4.09. The normalized spacial score (nSPS) is 11.9. The molecule has 0 aliphatic rings. The summed E-state index contributed by atoms with van der Waals surface area (Å²) in [5.74, 6) is -0.831. The van der Waals surface area contributed by atoms with Crippen LogP contribution >= 0.6 is 0 Å². The van der Waals surface area contributed by atoms with Gasteiger partial charge in [-0.15, -0.1) is 0 Å². The molecule has 12 heteroatoms. The highest BCUT2D eigenvalue weighted by Gasteiger charge is 2.31. The summed E-state index contributed by atoms with van der Waals surface area (Å²) in [6, 6.07) is 7.90. The predicted molar refractivity (Wildman–Crippen MR) is 125 cm³/mol. The van der Waals surface area contributed by atoms with Gasteiger partial charge < -0.3 is 9.47 Å². The van der Waals surface area contributed by atoms with E-state index < -0.39 is 26.0 Å². The van der Waals surface area contributed by atoms with Crippen molar-refractivity contribution in [3.05, 3.63) is 42.0 Å². The number of pyridine rings is 1. The third-order valence-electron chi connectivity index (χ3n) is 4.64. The first-order chi connectivity index (χ1) is 15.5. The van der Waals surface area contributed by atoms with Gasteiger partial charge in [-0.1, -0.05) is 13.8 Å². The highest BCUT2D eigenvalue weighted by molar-refractivity contribution is 7.92. The van der Waals surface area contributed by atoms with Crippen LogP contribution in [0.4, 0.5) is 5.69 Å². The monoisotopic (exact) mass is 499 g/mol. The molecule has 0 radical (unpaired) electrons. The Morgan fingerprint density at radius 2 is 1.48 bits per heavy atom. The van der Waals surface area contributed by atoms with Gasteiger partial charge in [-0.3, -0.25) is 4.79 Å². The van der Waals surface area contributed by atoms with Crippen molar-refractivity contribution in [2.75, 3.05) is 37.9 Å². The molecule has 0 aliphatic heterocycles. The predicted octanol–water partition coefficient (Wildman–Crippen LogP) is 2.52. The standard InChI is InChI=1S/C21H29N3O7S2/c1-6-14-23(15-7-2)33(28,29)17-10-8-16(9-11-17)21(25)24(32(5,26)27)18-12-13-19(30-3)22-20(18)31-4/h8-13H,6-7,14-15H2,1-5H3. The number of methoxy groups -OCH3 is 2. The zero-order valence-corrected chi connectivity index (χ0v) is 20.9. The zero-order valence-electron chi connectivity index (χ0n) is 19.3. The van der Waals surface area contributed by atoms with Crippen molar-refractivity contribution >= 4 is 31.6 Å². The van der Waals surface area contributed by atoms with Gasteiger partial charge in [0.2, 0.25) is 31.8 Å². The lowest BCUT2D eigenvalue weighted by Crippen LogP contribution is -2.36. The Balaban J connectivity index is 2.48. The molecular formula is C21H29N3O7S2. The number of aromatic nitrogens is 1. The molecule has 0 fully saturated rings. The van der Waals surface area contributed by atoms with Crippen LogP contribution in [0.15, 0.2) is 41.3 Å². The average molecular weight is 500 g/mol. The van der Waals surface area contributed by atoms with E-state index in [2.05, 4.69) is 4.98 Å². The van der Waals surface area contributed by atoms with E-state index in [1.165, 1.54) is 54.9 Å². The topological polar surface area (TPSA) is 123 Å². The first-order valence-corrected chi connectivity index (χ1v) is 13.5. The fraction of sp³-hybridized carbons (Fsp3) is 0.429. The van der Waals surface area contributed by atoms with Crippen LogP contribution in [0.5, 0.6) is 11.8 Å². The number of hydrogen-bond acceptors (Lipinski definition) is 8. The van der Waals surface area contributed by atoms with Crippen molar-refractivity contribution in [3.63, 3.8) is 0 Å². The van der Waals surface area contributed by atoms with Crippen molar-refractivity contribution in [1.82, 2.24) is 9.29 Å². The lowest BCUT2D eigenvalue weighted by molar-refractivity contribution is 0.100. The summed E-state index contributed by atoms with van der Waals surface area (Å²) in [6.45, 7) is 4.54. The Labute approximate surface area is 195 Å². The Morgan fingerprint density at radius 3 is 1.94 bits per heavy atom. The molecule has 0 saturated heterocycles. The molecule has 10 nitrogen and oxygen atoms in total. The van der Waals surface area contributed by atoms with Crippen LogP contribution in [0.25, 0.3) is 0 Å². The number of sulfonamides is 2. The largest absolute Gasteiger partial charge is 0.481 e. The van der Waals surface area contributed by atoms with Crippen LogP contribution in [0.2, 0.25) is 0 Å². The van der Waals surface area contributed by atoms with Gasteiger partial charge in [-0.2, -0.15) is 13.6 Å². The second kappa shape index (κ2) is 10.9. The first kappa shape index (κ1) is 26.6. The fourth-order valence-electron chi connectivity index (χ4n) is 3.16. The summed E-state index contributed by atoms with van der Waals surface area (Å²) < 4.78 is 63.0. The lowest BCUT2D eigenvalue weighted by atomic mass is 10.2. The molecule has 2 rings (SSSR count). The number of carbonyl (C=O) groups is 1. The Morgan fingerprint density at radius 1 is 0.909 bits per heavy atom. The van der Waals surface area contributed by atoms with Gasteiger partial charge in [-0.05, 0) is 43.2 Å². The van der Waals surface area contributed by atoms with Crippen LogP contribution in [-0.2, 0) is 20.0 Å². The van der Waals surface area contributed by atoms with Crippen LogP contribution in [0.3, 0.4) is 0 Å². The highest BCUT2D eigenvalue weighted by atomic mass is 32.2. The first-order valence-electron chi connectivity index (χ1n) is 10.2. The van der Waals surface area contributed by atoms with Gasteiger partial charge in [0, 0.05) is 24.7 Å². The quantitative estimate of drug-likeness (QED) is 0.462. The number of amides is 1. The molecule has 1 amide bonds. The smallest absolute Gasteiger partial charge is 0.272 e. The van der Waals surface area contributed by atoms with Gasteiger partial charge in [0.1, 0.15) is 5.69 Å². The molecule has 0 bridgehead atoms. The minimum Gasteiger partial charge on any atom is -0.481 e. The van der Waals surface area contributed by atoms with Crippen LogP contribution < -0.4 is 13.8 Å². The second-order valence-electron chi connectivity index (χ2n) is 7.14. The maximum atomic E-state index is 13.2. The van der Waals surface area contributed by atoms with Crippen LogP contribution in [0.1, 0.15) is 37.0 Å². The molecular weight excluding hydrogens is 470 g/mol. The summed E-state index contributed by atoms with van der Waals surface area (Å²) in [6.07, 6.45) is 2.20. The van der Waals surface area contributed by atoms with Crippen LogP contribution in [-0.4, -0.2) is 65.6 Å². The van der Waals surface area contributed by atoms with Crippen molar-refractivity contribution in [1.29, 1.82) is 0 Å². The highest BCUT2D eigenvalue weighted by Crippen LogP contribution is 2.32. The summed E-state index contributed by atoms with van der Waals surface area (Å²) in [7, 11) is -5.15. The van der Waals surface area contributed by atoms with E-state index in [0.29, 0.717) is 30.2 Å². The zero-order chi connectivity index (χ0) is 24.8. The van der Waals surface area contributed by atoms with E-state index in [4.69, 9.17) is 9.47 Å². The summed E-state index contributed by atoms with van der Waals surface area (Å²) in [5, 5.41) is 0. The number of nitrogens with zero attached hydrogens (tertiary/aromatic N) is 3. The fourth-order valence-corrected chi connectivity index (χ4v) is 5.69. The number of rotatable bonds is 11. The minimum absolute atomic E-state index is 0.0187. The number of ether oxygens (including phenoxy) is 2. The Kier molecular flexibility index (Phi) is 8.81. The molecule has 0 N–H and O–H groups in total. The number of benzene rings is 1. The molecule has 0 atom stereocenters. The number of anilines is 1. The van der Waals surface area contributed by atoms with Gasteiger partial charge in [0.05, 0.1) is 25.4 Å². The summed E-state index contributed by atoms with van der Waals surface area (Å²) >= 11 is 0. The average Bonchev–Trinajstić information content (AvgIpc) is 2.78. The van der Waals surface area contributed by atoms with Gasteiger partial charge in [0.25, 0.3) is 5.91 Å². The summed E-state index contributed by atoms with van der Waals surface area (Å²) in [5.41, 5.74) is -0.116. The van der Waals surface area contributed by atoms with E-state index in [9.17, 15) is 21.6 Å². The van der Waals surface area contributed by atoms with E-state index in [1.807, 2.05) is 13.8 Å². The van der Waals surface area contributed by atoms with Crippen molar-refractivity contribution in [2.24, 2.45) is 0 Å². The Hall–Kier alpha value is -2.70. The van der Waals surface area contributed by atoms with Gasteiger partial charge in [0.15, 0.2) is 0 Å². The molecule has 2 aromatic rings. The molecule has 0 aliphatic carbocycles. The number of hydrogen-bond donors (Lipinski definition) is 0. The third kappa shape index (κ3) is 6.01. The maximum absolute atomic E-state index is 13.2. The van der Waals surface area contributed by atoms with E-state index >= 15 is 0 Å². The molecule has 33 heavy (non-hydrogen) atoms. The van der Waals surface area contributed by atoms with Crippen LogP contribution in [0, 0.1) is 0 Å². The molecule has 0 saturated carbocycles. The number of carbonyl (C=O) groups excluding carboxylic acids is 1. The van der Waals surface area contributed by atoms with Gasteiger partial charge in [-0.25, -0.2) is 16.8 Å². The maximum Gasteiger partial charge on any atom is 0.272 e. The van der Waals surface area contributed by atoms with Crippen molar-refractivity contribution in [3.8, 4) is 11.8 Å². The SMILES string of the molecule is CCCN(CCC)S(=O)(=O)c1ccc(C(=O)N(c2ccc(OC)nc2OC)S(C)(=O)=O)cc1. The molecule has 0 spiro atoms. The lowest BCUT2D eigenvalue weighted by Gasteiger charge is -2.23. The molecule has 1 aromatic carbocycles. The summed E-state index contributed by atoms with van der Waals surface area (Å²) in [4.78, 5) is 17.2. The second-order valence-corrected chi connectivity index (χ2v) is 10.9. The Bertz CT molecular complexity index is 1170. The van der Waals surface area contributed by atoms with E-state index in [-0.39, 0.29) is 27.9 Å². The molecule has 182 valence electrons. The molecule has 0 unspecified atom stereocenters. The van der Waals surface area contributed by atoms with E-state index in [1.54, 1.807) is 0 Å². The molecule has 1 aromatic heterocycles. The van der Waals surface area contributed by atoms with Crippen molar-refractivity contribution < 1.29 is 31.1 Å². The van der Waals surface area contributed by atoms with Crippen molar-refractivity contribution in [2.45, 2.75) is 31.6 Å². The van der Waals surface area contributed by atoms with Gasteiger partial charge >= 0.3 is 0 Å². The molecule has 1 heterocycles. The third-order valence-corrected chi connectivity index (χ3v) is 7.58.